The van der Waals surface area contributed by atoms with Crippen molar-refractivity contribution >= 4 is 40.1 Å². The number of hydrogen-bond acceptors (Lipinski definition) is 5. The van der Waals surface area contributed by atoms with Gasteiger partial charge in [0.25, 0.3) is 5.69 Å². The number of aromatic nitrogens is 1. The second kappa shape index (κ2) is 8.72. The van der Waals surface area contributed by atoms with Gasteiger partial charge in [-0.25, -0.2) is 4.98 Å². The molecule has 0 saturated carbocycles. The number of hydrogen-bond donors (Lipinski definition) is 0. The van der Waals surface area contributed by atoms with Crippen LogP contribution in [0.3, 0.4) is 0 Å². The molecule has 2 heterocycles. The molecule has 8 heteroatoms. The SMILES string of the molecule is CC1=C(C(=O)N2CCC(c3nc(-c4ccc(Cl)c([N+](=O)[O-])c4)cs3)CC2)Cc2ccccc21. The normalized spacial score (nSPS) is 16.2. The maximum absolute atomic E-state index is 13.2. The molecule has 2 aliphatic rings. The summed E-state index contributed by atoms with van der Waals surface area (Å²) in [6.07, 6.45) is 2.43. The van der Waals surface area contributed by atoms with Gasteiger partial charge in [0.05, 0.1) is 15.6 Å². The number of benzene rings is 2. The zero-order valence-electron chi connectivity index (χ0n) is 18.1. The van der Waals surface area contributed by atoms with Crippen molar-refractivity contribution in [2.45, 2.75) is 32.1 Å². The lowest BCUT2D eigenvalue weighted by molar-refractivity contribution is -0.384. The van der Waals surface area contributed by atoms with E-state index in [1.807, 2.05) is 29.3 Å². The molecule has 0 N–H and O–H groups in total. The highest BCUT2D eigenvalue weighted by atomic mass is 35.5. The molecule has 0 radical (unpaired) electrons. The van der Waals surface area contributed by atoms with Gasteiger partial charge in [-0.3, -0.25) is 14.9 Å². The molecule has 1 amide bonds. The van der Waals surface area contributed by atoms with E-state index in [0.717, 1.165) is 34.7 Å². The zero-order valence-corrected chi connectivity index (χ0v) is 19.7. The van der Waals surface area contributed by atoms with E-state index in [0.29, 0.717) is 25.1 Å². The molecule has 168 valence electrons. The number of fused-ring (bicyclic) bond motifs is 1. The third-order valence-corrected chi connectivity index (χ3v) is 7.92. The largest absolute Gasteiger partial charge is 0.339 e. The van der Waals surface area contributed by atoms with Gasteiger partial charge < -0.3 is 4.90 Å². The third-order valence-electron chi connectivity index (χ3n) is 6.59. The van der Waals surface area contributed by atoms with Crippen LogP contribution in [0.2, 0.25) is 5.02 Å². The van der Waals surface area contributed by atoms with Crippen molar-refractivity contribution in [3.05, 3.63) is 84.7 Å². The van der Waals surface area contributed by atoms with Gasteiger partial charge in [0, 0.05) is 48.0 Å². The minimum absolute atomic E-state index is 0.116. The number of likely N-dealkylation sites (tertiary alicyclic amines) is 1. The zero-order chi connectivity index (χ0) is 23.1. The van der Waals surface area contributed by atoms with E-state index in [-0.39, 0.29) is 22.5 Å². The van der Waals surface area contributed by atoms with Crippen molar-refractivity contribution in [3.63, 3.8) is 0 Å². The average molecular weight is 480 g/mol. The number of nitro groups is 1. The predicted octanol–water partition coefficient (Wildman–Crippen LogP) is 6.11. The van der Waals surface area contributed by atoms with Crippen LogP contribution in [0, 0.1) is 10.1 Å². The van der Waals surface area contributed by atoms with Crippen LogP contribution in [0.15, 0.2) is 53.4 Å². The topological polar surface area (TPSA) is 76.3 Å². The van der Waals surface area contributed by atoms with Crippen LogP contribution < -0.4 is 0 Å². The van der Waals surface area contributed by atoms with Crippen LogP contribution >= 0.6 is 22.9 Å². The summed E-state index contributed by atoms with van der Waals surface area (Å²) >= 11 is 7.50. The quantitative estimate of drug-likeness (QED) is 0.334. The Morgan fingerprint density at radius 1 is 1.21 bits per heavy atom. The summed E-state index contributed by atoms with van der Waals surface area (Å²) < 4.78 is 0. The molecule has 0 spiro atoms. The Bertz CT molecular complexity index is 1290. The van der Waals surface area contributed by atoms with Crippen molar-refractivity contribution in [2.24, 2.45) is 0 Å². The second-order valence-corrected chi connectivity index (χ2v) is 9.80. The van der Waals surface area contributed by atoms with E-state index < -0.39 is 4.92 Å². The van der Waals surface area contributed by atoms with Crippen molar-refractivity contribution < 1.29 is 9.72 Å². The molecule has 5 rings (SSSR count). The molecule has 3 aromatic rings. The van der Waals surface area contributed by atoms with Crippen LogP contribution in [0.25, 0.3) is 16.8 Å². The average Bonchev–Trinajstić information content (AvgIpc) is 3.44. The molecule has 1 aromatic heterocycles. The van der Waals surface area contributed by atoms with Crippen molar-refractivity contribution in [3.8, 4) is 11.3 Å². The van der Waals surface area contributed by atoms with Crippen molar-refractivity contribution in [1.29, 1.82) is 0 Å². The fraction of sp³-hybridized carbons (Fsp3) is 0.280. The summed E-state index contributed by atoms with van der Waals surface area (Å²) in [4.78, 5) is 30.7. The molecule has 0 atom stereocenters. The maximum Gasteiger partial charge on any atom is 0.288 e. The van der Waals surface area contributed by atoms with Gasteiger partial charge in [0.1, 0.15) is 5.02 Å². The van der Waals surface area contributed by atoms with Crippen LogP contribution in [-0.2, 0) is 11.2 Å². The highest BCUT2D eigenvalue weighted by molar-refractivity contribution is 7.10. The summed E-state index contributed by atoms with van der Waals surface area (Å²) in [5, 5.41) is 14.3. The number of carbonyl (C=O) groups is 1. The minimum atomic E-state index is -0.480. The van der Waals surface area contributed by atoms with Gasteiger partial charge in [0.2, 0.25) is 5.91 Å². The lowest BCUT2D eigenvalue weighted by Gasteiger charge is -2.31. The molecule has 33 heavy (non-hydrogen) atoms. The van der Waals surface area contributed by atoms with E-state index >= 15 is 0 Å². The summed E-state index contributed by atoms with van der Waals surface area (Å²) in [6.45, 7) is 3.46. The van der Waals surface area contributed by atoms with E-state index in [1.165, 1.54) is 23.3 Å². The van der Waals surface area contributed by atoms with E-state index in [1.54, 1.807) is 17.4 Å². The fourth-order valence-corrected chi connectivity index (χ4v) is 5.89. The van der Waals surface area contributed by atoms with Crippen LogP contribution in [-0.4, -0.2) is 33.8 Å². The second-order valence-electron chi connectivity index (χ2n) is 8.50. The molecular weight excluding hydrogens is 458 g/mol. The number of nitrogens with zero attached hydrogens (tertiary/aromatic N) is 3. The number of rotatable bonds is 4. The monoisotopic (exact) mass is 479 g/mol. The van der Waals surface area contributed by atoms with Crippen LogP contribution in [0.5, 0.6) is 0 Å². The Morgan fingerprint density at radius 3 is 2.70 bits per heavy atom. The van der Waals surface area contributed by atoms with Crippen molar-refractivity contribution in [1.82, 2.24) is 9.88 Å². The van der Waals surface area contributed by atoms with Crippen molar-refractivity contribution in [2.75, 3.05) is 13.1 Å². The minimum Gasteiger partial charge on any atom is -0.339 e. The molecule has 0 unspecified atom stereocenters. The highest BCUT2D eigenvalue weighted by Gasteiger charge is 2.30. The molecule has 1 aliphatic carbocycles. The Morgan fingerprint density at radius 2 is 1.97 bits per heavy atom. The maximum atomic E-state index is 13.2. The van der Waals surface area contributed by atoms with Gasteiger partial charge >= 0.3 is 0 Å². The fourth-order valence-electron chi connectivity index (χ4n) is 4.70. The first-order valence-corrected chi connectivity index (χ1v) is 12.1. The first-order chi connectivity index (χ1) is 15.9. The summed E-state index contributed by atoms with van der Waals surface area (Å²) in [7, 11) is 0. The number of carbonyl (C=O) groups excluding carboxylic acids is 1. The Balaban J connectivity index is 1.26. The number of halogens is 1. The lowest BCUT2D eigenvalue weighted by Crippen LogP contribution is -2.38. The van der Waals surface area contributed by atoms with E-state index in [4.69, 9.17) is 16.6 Å². The van der Waals surface area contributed by atoms with Gasteiger partial charge in [-0.15, -0.1) is 11.3 Å². The predicted molar refractivity (Wildman–Crippen MR) is 131 cm³/mol. The van der Waals surface area contributed by atoms with E-state index in [9.17, 15) is 14.9 Å². The summed E-state index contributed by atoms with van der Waals surface area (Å²) in [5.74, 6) is 0.432. The molecule has 2 aromatic carbocycles. The standard InChI is InChI=1S/C25H22ClN3O3S/c1-15-19-5-3-2-4-17(19)12-20(15)25(30)28-10-8-16(9-11-28)24-27-22(14-33-24)18-6-7-21(26)23(13-18)29(31)32/h2-7,13-14,16H,8-12H2,1H3. The third kappa shape index (κ3) is 4.07. The van der Waals surface area contributed by atoms with Crippen LogP contribution in [0.4, 0.5) is 5.69 Å². The Hall–Kier alpha value is -3.03. The molecule has 6 nitrogen and oxygen atoms in total. The molecule has 0 bridgehead atoms. The lowest BCUT2D eigenvalue weighted by atomic mass is 9.96. The molecule has 1 fully saturated rings. The number of thiazole rings is 1. The van der Waals surface area contributed by atoms with Gasteiger partial charge in [0.15, 0.2) is 0 Å². The van der Waals surface area contributed by atoms with E-state index in [2.05, 4.69) is 12.1 Å². The Labute approximate surface area is 200 Å². The molecule has 1 saturated heterocycles. The Kier molecular flexibility index (Phi) is 5.76. The van der Waals surface area contributed by atoms with Gasteiger partial charge in [-0.1, -0.05) is 41.9 Å². The first-order valence-electron chi connectivity index (χ1n) is 10.9. The van der Waals surface area contributed by atoms with Gasteiger partial charge in [-0.05, 0) is 42.5 Å². The van der Waals surface area contributed by atoms with Gasteiger partial charge in [-0.2, -0.15) is 0 Å². The smallest absolute Gasteiger partial charge is 0.288 e. The molecular formula is C25H22ClN3O3S. The number of allylic oxidation sites excluding steroid dienone is 1. The summed E-state index contributed by atoms with van der Waals surface area (Å²) in [6, 6.07) is 13.0. The number of nitro benzene ring substituents is 1. The highest BCUT2D eigenvalue weighted by Crippen LogP contribution is 2.37. The number of piperidine rings is 1. The first kappa shape index (κ1) is 21.8. The number of amides is 1. The summed E-state index contributed by atoms with van der Waals surface area (Å²) in [5.41, 5.74) is 5.71. The van der Waals surface area contributed by atoms with Crippen LogP contribution in [0.1, 0.15) is 41.8 Å². The molecule has 1 aliphatic heterocycles.